The summed E-state index contributed by atoms with van der Waals surface area (Å²) < 4.78 is 0. The van der Waals surface area contributed by atoms with Crippen molar-refractivity contribution < 1.29 is 0 Å². The Kier molecular flexibility index (Phi) is 8.50. The van der Waals surface area contributed by atoms with Gasteiger partial charge in [-0.2, -0.15) is 0 Å². The maximum Gasteiger partial charge on any atom is -0.00199 e. The van der Waals surface area contributed by atoms with Crippen molar-refractivity contribution in [3.63, 3.8) is 0 Å². The molecule has 0 bridgehead atoms. The van der Waals surface area contributed by atoms with E-state index in [2.05, 4.69) is 214 Å². The molecule has 0 aliphatic carbocycles. The van der Waals surface area contributed by atoms with E-state index in [-0.39, 0.29) is 0 Å². The quantitative estimate of drug-likeness (QED) is 0.147. The van der Waals surface area contributed by atoms with Gasteiger partial charge in [0.05, 0.1) is 0 Å². The van der Waals surface area contributed by atoms with Crippen LogP contribution in [0.4, 0.5) is 0 Å². The van der Waals surface area contributed by atoms with Crippen LogP contribution in [0.5, 0.6) is 0 Å². The van der Waals surface area contributed by atoms with Gasteiger partial charge in [-0.3, -0.25) is 0 Å². The van der Waals surface area contributed by atoms with Crippen LogP contribution in [-0.2, 0) is 0 Å². The molecule has 0 radical (unpaired) electrons. The van der Waals surface area contributed by atoms with Crippen molar-refractivity contribution in [2.24, 2.45) is 0 Å². The van der Waals surface area contributed by atoms with Gasteiger partial charge in [0, 0.05) is 0 Å². The highest BCUT2D eigenvalue weighted by molar-refractivity contribution is 6.22. The standard InChI is InChI=1S/C53H40/c1-36(2)40-23-16-24-42(31-40)52-47-25-12-14-27-49(47)53(50-28-15-13-26-48(50)52)51-35-41(29-30-46(51)39-21-10-5-11-22-39)45-33-43(37-17-6-3-7-18-37)32-44(34-45)38-19-8-4-9-20-38/h3-36H,1-2H3. The molecule has 0 spiro atoms. The molecule has 0 atom stereocenters. The molecule has 0 aliphatic heterocycles. The number of rotatable bonds is 7. The largest absolute Gasteiger partial charge is 0.0622 e. The molecular weight excluding hydrogens is 637 g/mol. The van der Waals surface area contributed by atoms with E-state index in [1.807, 2.05) is 0 Å². The molecule has 0 N–H and O–H groups in total. The highest BCUT2D eigenvalue weighted by Gasteiger charge is 2.20. The number of fused-ring (bicyclic) bond motifs is 2. The second-order valence-corrected chi connectivity index (χ2v) is 14.3. The lowest BCUT2D eigenvalue weighted by atomic mass is 9.82. The Morgan fingerprint density at radius 1 is 0.264 bits per heavy atom. The minimum absolute atomic E-state index is 0.450. The molecule has 9 aromatic carbocycles. The Hall–Kier alpha value is -6.50. The first-order valence-electron chi connectivity index (χ1n) is 18.6. The van der Waals surface area contributed by atoms with E-state index in [0.29, 0.717) is 5.92 Å². The van der Waals surface area contributed by atoms with Crippen LogP contribution >= 0.6 is 0 Å². The maximum absolute atomic E-state index is 2.44. The van der Waals surface area contributed by atoms with E-state index in [1.54, 1.807) is 0 Å². The molecule has 0 heteroatoms. The van der Waals surface area contributed by atoms with E-state index < -0.39 is 0 Å². The molecule has 0 saturated heterocycles. The van der Waals surface area contributed by atoms with Crippen LogP contribution in [0.3, 0.4) is 0 Å². The van der Waals surface area contributed by atoms with Crippen LogP contribution in [0.1, 0.15) is 25.3 Å². The summed E-state index contributed by atoms with van der Waals surface area (Å²) in [6.45, 7) is 4.55. The second-order valence-electron chi connectivity index (χ2n) is 14.3. The summed E-state index contributed by atoms with van der Waals surface area (Å²) in [5.74, 6) is 0.450. The second kappa shape index (κ2) is 13.9. The van der Waals surface area contributed by atoms with Crippen molar-refractivity contribution >= 4 is 21.5 Å². The highest BCUT2D eigenvalue weighted by Crippen LogP contribution is 2.47. The number of hydrogen-bond donors (Lipinski definition) is 0. The summed E-state index contributed by atoms with van der Waals surface area (Å²) in [6.07, 6.45) is 0. The van der Waals surface area contributed by atoms with Crippen molar-refractivity contribution in [1.29, 1.82) is 0 Å². The monoisotopic (exact) mass is 676 g/mol. The first-order chi connectivity index (χ1) is 26.1. The van der Waals surface area contributed by atoms with Crippen molar-refractivity contribution in [3.05, 3.63) is 206 Å². The fourth-order valence-corrected chi connectivity index (χ4v) is 7.97. The molecule has 0 nitrogen and oxygen atoms in total. The Morgan fingerprint density at radius 3 is 1.21 bits per heavy atom. The van der Waals surface area contributed by atoms with Crippen LogP contribution < -0.4 is 0 Å². The molecule has 0 fully saturated rings. The summed E-state index contributed by atoms with van der Waals surface area (Å²) in [4.78, 5) is 0. The van der Waals surface area contributed by atoms with E-state index in [9.17, 15) is 0 Å². The average molecular weight is 677 g/mol. The molecule has 9 aromatic rings. The summed E-state index contributed by atoms with van der Waals surface area (Å²) in [5.41, 5.74) is 16.1. The van der Waals surface area contributed by atoms with Crippen LogP contribution in [0.25, 0.3) is 88.3 Å². The molecule has 0 saturated carbocycles. The molecule has 9 rings (SSSR count). The van der Waals surface area contributed by atoms with Crippen molar-refractivity contribution in [3.8, 4) is 66.8 Å². The van der Waals surface area contributed by atoms with E-state index in [0.717, 1.165) is 0 Å². The van der Waals surface area contributed by atoms with Crippen LogP contribution in [0, 0.1) is 0 Å². The molecule has 53 heavy (non-hydrogen) atoms. The number of hydrogen-bond acceptors (Lipinski definition) is 0. The molecule has 0 heterocycles. The SMILES string of the molecule is CC(C)c1cccc(-c2c3ccccc3c(-c3cc(-c4cc(-c5ccccc5)cc(-c5ccccc5)c4)ccc3-c3ccccc3)c3ccccc23)c1. The van der Waals surface area contributed by atoms with Crippen LogP contribution in [0.2, 0.25) is 0 Å². The Labute approximate surface area is 312 Å². The van der Waals surface area contributed by atoms with Gasteiger partial charge < -0.3 is 0 Å². The molecular formula is C53H40. The normalized spacial score (nSPS) is 11.4. The lowest BCUT2D eigenvalue weighted by Gasteiger charge is -2.21. The lowest BCUT2D eigenvalue weighted by Crippen LogP contribution is -1.94. The van der Waals surface area contributed by atoms with E-state index in [4.69, 9.17) is 0 Å². The van der Waals surface area contributed by atoms with Crippen molar-refractivity contribution in [2.75, 3.05) is 0 Å². The van der Waals surface area contributed by atoms with Gasteiger partial charge in [-0.15, -0.1) is 0 Å². The van der Waals surface area contributed by atoms with Gasteiger partial charge in [-0.1, -0.05) is 190 Å². The van der Waals surface area contributed by atoms with Crippen molar-refractivity contribution in [1.82, 2.24) is 0 Å². The fraction of sp³-hybridized carbons (Fsp3) is 0.0566. The average Bonchev–Trinajstić information content (AvgIpc) is 3.23. The van der Waals surface area contributed by atoms with Gasteiger partial charge in [-0.25, -0.2) is 0 Å². The number of benzene rings is 9. The third kappa shape index (κ3) is 6.13. The Balaban J connectivity index is 1.35. The molecule has 0 aromatic heterocycles. The van der Waals surface area contributed by atoms with Crippen LogP contribution in [0.15, 0.2) is 200 Å². The van der Waals surface area contributed by atoms with Gasteiger partial charge in [-0.05, 0) is 124 Å². The summed E-state index contributed by atoms with van der Waals surface area (Å²) >= 11 is 0. The van der Waals surface area contributed by atoms with E-state index in [1.165, 1.54) is 93.9 Å². The van der Waals surface area contributed by atoms with Gasteiger partial charge in [0.2, 0.25) is 0 Å². The Bertz CT molecular complexity index is 2610. The molecule has 0 aliphatic rings. The van der Waals surface area contributed by atoms with Gasteiger partial charge >= 0.3 is 0 Å². The van der Waals surface area contributed by atoms with E-state index >= 15 is 0 Å². The molecule has 0 amide bonds. The summed E-state index contributed by atoms with van der Waals surface area (Å²) in [5, 5.41) is 5.05. The first kappa shape index (κ1) is 32.4. The third-order valence-electron chi connectivity index (χ3n) is 10.6. The predicted octanol–water partition coefficient (Wildman–Crippen LogP) is 15.1. The zero-order valence-electron chi connectivity index (χ0n) is 30.1. The zero-order valence-corrected chi connectivity index (χ0v) is 30.1. The van der Waals surface area contributed by atoms with Gasteiger partial charge in [0.1, 0.15) is 0 Å². The lowest BCUT2D eigenvalue weighted by molar-refractivity contribution is 0.867. The minimum atomic E-state index is 0.450. The topological polar surface area (TPSA) is 0 Å². The van der Waals surface area contributed by atoms with Gasteiger partial charge in [0.15, 0.2) is 0 Å². The smallest absolute Gasteiger partial charge is 0.00199 e. The van der Waals surface area contributed by atoms with Gasteiger partial charge in [0.25, 0.3) is 0 Å². The minimum Gasteiger partial charge on any atom is -0.0622 e. The van der Waals surface area contributed by atoms with Crippen molar-refractivity contribution in [2.45, 2.75) is 19.8 Å². The summed E-state index contributed by atoms with van der Waals surface area (Å²) in [6, 6.07) is 73.6. The molecule has 0 unspecified atom stereocenters. The predicted molar refractivity (Wildman–Crippen MR) is 228 cm³/mol. The summed E-state index contributed by atoms with van der Waals surface area (Å²) in [7, 11) is 0. The Morgan fingerprint density at radius 2 is 0.698 bits per heavy atom. The molecule has 252 valence electrons. The first-order valence-corrected chi connectivity index (χ1v) is 18.6. The maximum atomic E-state index is 2.44. The highest BCUT2D eigenvalue weighted by atomic mass is 14.2. The fourth-order valence-electron chi connectivity index (χ4n) is 7.97. The van der Waals surface area contributed by atoms with Crippen LogP contribution in [-0.4, -0.2) is 0 Å². The zero-order chi connectivity index (χ0) is 35.7. The third-order valence-corrected chi connectivity index (χ3v) is 10.6.